The first-order valence-electron chi connectivity index (χ1n) is 11.7. The first kappa shape index (κ1) is 26.9. The van der Waals surface area contributed by atoms with E-state index in [2.05, 4.69) is 19.0 Å². The van der Waals surface area contributed by atoms with Gasteiger partial charge in [-0.1, -0.05) is 38.5 Å². The maximum Gasteiger partial charge on any atom is 0.303 e. The standard InChI is InChI=1S/C23H43NO6/c1-24(2)18-15-20-19-29-23(30-20,16-11-7-3-5-9-13-21(25)26)17-12-8-4-6-10-14-22(27)28/h20H,3-19H2,1-2H3,(H,25,26)(H,27,28). The van der Waals surface area contributed by atoms with Crippen LogP contribution in [0.1, 0.15) is 96.3 Å². The van der Waals surface area contributed by atoms with Gasteiger partial charge >= 0.3 is 11.9 Å². The molecule has 1 heterocycles. The molecule has 1 unspecified atom stereocenters. The average molecular weight is 430 g/mol. The predicted octanol–water partition coefficient (Wildman–Crippen LogP) is 4.68. The average Bonchev–Trinajstić information content (AvgIpc) is 3.08. The van der Waals surface area contributed by atoms with E-state index in [1.54, 1.807) is 0 Å². The molecule has 0 bridgehead atoms. The Morgan fingerprint density at radius 2 is 1.30 bits per heavy atom. The summed E-state index contributed by atoms with van der Waals surface area (Å²) in [6.07, 6.45) is 13.2. The summed E-state index contributed by atoms with van der Waals surface area (Å²) in [4.78, 5) is 23.3. The van der Waals surface area contributed by atoms with Crippen molar-refractivity contribution in [3.8, 4) is 0 Å². The van der Waals surface area contributed by atoms with Crippen LogP contribution in [-0.4, -0.2) is 66.2 Å². The largest absolute Gasteiger partial charge is 0.481 e. The highest BCUT2D eigenvalue weighted by Gasteiger charge is 2.40. The number of carbonyl (C=O) groups is 2. The molecule has 0 aromatic rings. The van der Waals surface area contributed by atoms with Crippen LogP contribution in [0.4, 0.5) is 0 Å². The molecule has 1 fully saturated rings. The molecule has 2 N–H and O–H groups in total. The van der Waals surface area contributed by atoms with E-state index < -0.39 is 17.7 Å². The van der Waals surface area contributed by atoms with Crippen molar-refractivity contribution in [1.82, 2.24) is 4.90 Å². The molecule has 0 saturated carbocycles. The van der Waals surface area contributed by atoms with Crippen molar-refractivity contribution in [2.75, 3.05) is 27.2 Å². The van der Waals surface area contributed by atoms with Crippen LogP contribution >= 0.6 is 0 Å². The zero-order valence-electron chi connectivity index (χ0n) is 19.1. The molecule has 1 aliphatic rings. The summed E-state index contributed by atoms with van der Waals surface area (Å²) in [7, 11) is 4.13. The second-order valence-electron chi connectivity index (χ2n) is 8.88. The Kier molecular flexibility index (Phi) is 14.0. The molecule has 30 heavy (non-hydrogen) atoms. The van der Waals surface area contributed by atoms with Gasteiger partial charge in [-0.15, -0.1) is 0 Å². The van der Waals surface area contributed by atoms with E-state index in [0.29, 0.717) is 6.61 Å². The van der Waals surface area contributed by atoms with E-state index in [-0.39, 0.29) is 18.9 Å². The molecule has 1 aliphatic heterocycles. The second kappa shape index (κ2) is 15.6. The summed E-state index contributed by atoms with van der Waals surface area (Å²) in [5.41, 5.74) is 0. The van der Waals surface area contributed by atoms with Crippen molar-refractivity contribution in [2.24, 2.45) is 0 Å². The molecule has 0 aliphatic carbocycles. The number of nitrogens with zero attached hydrogens (tertiary/aromatic N) is 1. The molecule has 0 spiro atoms. The molecule has 1 rings (SSSR count). The van der Waals surface area contributed by atoms with Gasteiger partial charge in [-0.05, 0) is 46.2 Å². The van der Waals surface area contributed by atoms with Crippen LogP contribution in [0.15, 0.2) is 0 Å². The lowest BCUT2D eigenvalue weighted by molar-refractivity contribution is -0.180. The van der Waals surface area contributed by atoms with Crippen LogP contribution in [0.25, 0.3) is 0 Å². The lowest BCUT2D eigenvalue weighted by atomic mass is 9.99. The SMILES string of the molecule is CN(C)CCC1COC(CCCCCCCC(=O)O)(CCCCCCCC(=O)O)O1. The highest BCUT2D eigenvalue weighted by atomic mass is 16.7. The predicted molar refractivity (Wildman–Crippen MR) is 117 cm³/mol. The Hall–Kier alpha value is -1.18. The lowest BCUT2D eigenvalue weighted by Gasteiger charge is -2.29. The van der Waals surface area contributed by atoms with Crippen LogP contribution in [-0.2, 0) is 19.1 Å². The zero-order valence-corrected chi connectivity index (χ0v) is 19.1. The van der Waals surface area contributed by atoms with Gasteiger partial charge in [-0.3, -0.25) is 9.59 Å². The van der Waals surface area contributed by atoms with E-state index in [1.165, 1.54) is 0 Å². The van der Waals surface area contributed by atoms with E-state index in [4.69, 9.17) is 19.7 Å². The van der Waals surface area contributed by atoms with Gasteiger partial charge in [0.1, 0.15) is 0 Å². The first-order valence-corrected chi connectivity index (χ1v) is 11.7. The molecule has 7 heteroatoms. The minimum absolute atomic E-state index is 0.151. The number of unbranched alkanes of at least 4 members (excludes halogenated alkanes) is 8. The monoisotopic (exact) mass is 429 g/mol. The summed E-state index contributed by atoms with van der Waals surface area (Å²) in [6, 6.07) is 0. The van der Waals surface area contributed by atoms with Gasteiger partial charge in [-0.25, -0.2) is 0 Å². The molecule has 176 valence electrons. The maximum atomic E-state index is 10.6. The lowest BCUT2D eigenvalue weighted by Crippen LogP contribution is -2.31. The molecule has 1 atom stereocenters. The fourth-order valence-corrected chi connectivity index (χ4v) is 3.95. The smallest absolute Gasteiger partial charge is 0.303 e. The number of rotatable bonds is 19. The fourth-order valence-electron chi connectivity index (χ4n) is 3.95. The van der Waals surface area contributed by atoms with Crippen molar-refractivity contribution >= 4 is 11.9 Å². The van der Waals surface area contributed by atoms with E-state index in [1.807, 2.05) is 0 Å². The van der Waals surface area contributed by atoms with E-state index in [9.17, 15) is 9.59 Å². The van der Waals surface area contributed by atoms with Gasteiger partial charge in [0.15, 0.2) is 5.79 Å². The highest BCUT2D eigenvalue weighted by Crippen LogP contribution is 2.35. The molecule has 0 amide bonds. The van der Waals surface area contributed by atoms with Crippen molar-refractivity contribution < 1.29 is 29.3 Å². The van der Waals surface area contributed by atoms with Gasteiger partial charge in [0.25, 0.3) is 0 Å². The van der Waals surface area contributed by atoms with Crippen LogP contribution < -0.4 is 0 Å². The first-order chi connectivity index (χ1) is 14.3. The maximum absolute atomic E-state index is 10.6. The molecular formula is C23H43NO6. The van der Waals surface area contributed by atoms with Crippen LogP contribution in [0.2, 0.25) is 0 Å². The second-order valence-corrected chi connectivity index (χ2v) is 8.88. The van der Waals surface area contributed by atoms with Crippen LogP contribution in [0.3, 0.4) is 0 Å². The van der Waals surface area contributed by atoms with Crippen molar-refractivity contribution in [3.63, 3.8) is 0 Å². The van der Waals surface area contributed by atoms with E-state index in [0.717, 1.165) is 90.0 Å². The number of hydrogen-bond donors (Lipinski definition) is 2. The van der Waals surface area contributed by atoms with Gasteiger partial charge < -0.3 is 24.6 Å². The summed E-state index contributed by atoms with van der Waals surface area (Å²) >= 11 is 0. The molecule has 1 saturated heterocycles. The fraction of sp³-hybridized carbons (Fsp3) is 0.913. The summed E-state index contributed by atoms with van der Waals surface area (Å²) in [5, 5.41) is 17.4. The van der Waals surface area contributed by atoms with Gasteiger partial charge in [0.05, 0.1) is 12.7 Å². The Morgan fingerprint density at radius 1 is 0.833 bits per heavy atom. The molecule has 0 radical (unpaired) electrons. The van der Waals surface area contributed by atoms with Crippen molar-refractivity contribution in [3.05, 3.63) is 0 Å². The number of hydrogen-bond acceptors (Lipinski definition) is 5. The van der Waals surface area contributed by atoms with Gasteiger partial charge in [-0.2, -0.15) is 0 Å². The highest BCUT2D eigenvalue weighted by molar-refractivity contribution is 5.66. The Labute approximate surface area is 182 Å². The number of ether oxygens (including phenoxy) is 2. The Balaban J connectivity index is 2.33. The van der Waals surface area contributed by atoms with Gasteiger partial charge in [0, 0.05) is 32.2 Å². The normalized spacial score (nSPS) is 18.2. The zero-order chi connectivity index (χ0) is 22.2. The van der Waals surface area contributed by atoms with Crippen molar-refractivity contribution in [1.29, 1.82) is 0 Å². The third kappa shape index (κ3) is 13.2. The number of carboxylic acids is 2. The summed E-state index contributed by atoms with van der Waals surface area (Å²) < 4.78 is 12.6. The minimum Gasteiger partial charge on any atom is -0.481 e. The topological polar surface area (TPSA) is 96.3 Å². The Bertz CT molecular complexity index is 454. The summed E-state index contributed by atoms with van der Waals surface area (Å²) in [6.45, 7) is 1.64. The summed E-state index contributed by atoms with van der Waals surface area (Å²) in [5.74, 6) is -1.90. The molecule has 0 aromatic carbocycles. The minimum atomic E-state index is -0.714. The van der Waals surface area contributed by atoms with E-state index >= 15 is 0 Å². The van der Waals surface area contributed by atoms with Gasteiger partial charge in [0.2, 0.25) is 0 Å². The van der Waals surface area contributed by atoms with Crippen LogP contribution in [0.5, 0.6) is 0 Å². The molecule has 7 nitrogen and oxygen atoms in total. The number of aliphatic carboxylic acids is 2. The Morgan fingerprint density at radius 3 is 1.77 bits per heavy atom. The molecular weight excluding hydrogens is 386 g/mol. The quantitative estimate of drug-likeness (QED) is 0.288. The third-order valence-electron chi connectivity index (χ3n) is 5.71. The van der Waals surface area contributed by atoms with Crippen LogP contribution in [0, 0.1) is 0 Å². The molecule has 0 aromatic heterocycles. The third-order valence-corrected chi connectivity index (χ3v) is 5.71. The van der Waals surface area contributed by atoms with Crippen molar-refractivity contribution in [2.45, 2.75) is 108 Å². The number of carboxylic acid groups (broad SMARTS) is 2.